The zero-order chi connectivity index (χ0) is 23.5. The van der Waals surface area contributed by atoms with Gasteiger partial charge >= 0.3 is 0 Å². The van der Waals surface area contributed by atoms with Gasteiger partial charge in [-0.1, -0.05) is 23.7 Å². The molecular formula is C22H14ClF2NO4S2. The second-order valence-corrected chi connectivity index (χ2v) is 10.1. The number of thiazole rings is 1. The summed E-state index contributed by atoms with van der Waals surface area (Å²) in [5, 5.41) is 0.600. The highest BCUT2D eigenvalue weighted by atomic mass is 35.5. The van der Waals surface area contributed by atoms with Crippen molar-refractivity contribution in [3.63, 3.8) is 0 Å². The quantitative estimate of drug-likeness (QED) is 0.322. The van der Waals surface area contributed by atoms with Crippen molar-refractivity contribution in [2.75, 3.05) is 6.26 Å². The van der Waals surface area contributed by atoms with E-state index in [1.807, 2.05) is 0 Å². The second kappa shape index (κ2) is 9.64. The van der Waals surface area contributed by atoms with Crippen molar-refractivity contribution >= 4 is 32.8 Å². The molecule has 0 saturated carbocycles. The number of sulfone groups is 1. The Hall–Kier alpha value is -3.01. The van der Waals surface area contributed by atoms with Gasteiger partial charge in [0.2, 0.25) is 0 Å². The van der Waals surface area contributed by atoms with Crippen LogP contribution in [-0.4, -0.2) is 19.7 Å². The lowest BCUT2D eigenvalue weighted by Crippen LogP contribution is -1.96. The van der Waals surface area contributed by atoms with Crippen molar-refractivity contribution in [2.24, 2.45) is 0 Å². The van der Waals surface area contributed by atoms with Crippen molar-refractivity contribution in [2.45, 2.75) is 4.90 Å². The Morgan fingerprint density at radius 2 is 1.41 bits per heavy atom. The molecule has 0 atom stereocenters. The van der Waals surface area contributed by atoms with Gasteiger partial charge in [0.1, 0.15) is 16.6 Å². The SMILES string of the molecule is CS(=O)(=O)c1ccc(-c2sc(-c3ccc(F)c(Cl)c3)nc2-c2ccc(F)cc2)cc1.O=O. The Kier molecular flexibility index (Phi) is 7.12. The first-order valence-corrected chi connectivity index (χ1v) is 12.0. The first-order chi connectivity index (χ1) is 15.2. The van der Waals surface area contributed by atoms with Crippen molar-refractivity contribution in [1.29, 1.82) is 0 Å². The Bertz CT molecular complexity index is 1360. The molecule has 164 valence electrons. The molecule has 1 heterocycles. The van der Waals surface area contributed by atoms with Crippen molar-refractivity contribution < 1.29 is 17.2 Å². The number of benzene rings is 3. The van der Waals surface area contributed by atoms with Crippen LogP contribution in [0.25, 0.3) is 32.3 Å². The molecule has 1 aromatic heterocycles. The van der Waals surface area contributed by atoms with Gasteiger partial charge in [-0.2, -0.15) is 0 Å². The van der Waals surface area contributed by atoms with E-state index >= 15 is 0 Å². The predicted molar refractivity (Wildman–Crippen MR) is 123 cm³/mol. The smallest absolute Gasteiger partial charge is 0.175 e. The second-order valence-electron chi connectivity index (χ2n) is 6.63. The van der Waals surface area contributed by atoms with Gasteiger partial charge in [0.25, 0.3) is 0 Å². The summed E-state index contributed by atoms with van der Waals surface area (Å²) in [5.41, 5.74) is 2.73. The minimum Gasteiger partial charge on any atom is -0.235 e. The molecular weight excluding hydrogens is 480 g/mol. The average Bonchev–Trinajstić information content (AvgIpc) is 3.22. The molecule has 0 saturated heterocycles. The maximum Gasteiger partial charge on any atom is 0.175 e. The molecule has 10 heteroatoms. The number of aromatic nitrogens is 1. The molecule has 5 nitrogen and oxygen atoms in total. The zero-order valence-electron chi connectivity index (χ0n) is 16.4. The number of halogens is 3. The summed E-state index contributed by atoms with van der Waals surface area (Å²) in [5.74, 6) is -0.883. The molecule has 0 unspecified atom stereocenters. The van der Waals surface area contributed by atoms with Crippen LogP contribution >= 0.6 is 22.9 Å². The Morgan fingerprint density at radius 1 is 0.844 bits per heavy atom. The molecule has 4 rings (SSSR count). The van der Waals surface area contributed by atoms with Gasteiger partial charge in [0.05, 0.1) is 20.5 Å². The number of nitrogens with zero attached hydrogens (tertiary/aromatic N) is 1. The topological polar surface area (TPSA) is 81.2 Å². The van der Waals surface area contributed by atoms with E-state index in [1.54, 1.807) is 30.3 Å². The van der Waals surface area contributed by atoms with Gasteiger partial charge in [-0.05, 0) is 60.2 Å². The number of hydrogen-bond donors (Lipinski definition) is 0. The third-order valence-corrected chi connectivity index (χ3v) is 7.03. The lowest BCUT2D eigenvalue weighted by atomic mass is 10.1. The fraction of sp³-hybridized carbons (Fsp3) is 0.0455. The Balaban J connectivity index is 0.00000141. The van der Waals surface area contributed by atoms with Crippen LogP contribution in [0, 0.1) is 21.6 Å². The molecule has 4 aromatic rings. The van der Waals surface area contributed by atoms with E-state index < -0.39 is 15.7 Å². The fourth-order valence-electron chi connectivity index (χ4n) is 2.93. The van der Waals surface area contributed by atoms with Crippen molar-refractivity contribution in [1.82, 2.24) is 4.98 Å². The summed E-state index contributed by atoms with van der Waals surface area (Å²) in [6, 6.07) is 16.8. The third kappa shape index (κ3) is 5.07. The summed E-state index contributed by atoms with van der Waals surface area (Å²) in [7, 11) is -3.32. The highest BCUT2D eigenvalue weighted by molar-refractivity contribution is 7.90. The van der Waals surface area contributed by atoms with Crippen LogP contribution < -0.4 is 0 Å². The van der Waals surface area contributed by atoms with Gasteiger partial charge in [0, 0.05) is 27.3 Å². The Morgan fingerprint density at radius 3 is 1.97 bits per heavy atom. The van der Waals surface area contributed by atoms with E-state index in [0.717, 1.165) is 16.7 Å². The largest absolute Gasteiger partial charge is 0.235 e. The molecule has 0 aliphatic carbocycles. The molecule has 0 spiro atoms. The first kappa shape index (κ1) is 23.6. The van der Waals surface area contributed by atoms with Crippen molar-refractivity contribution in [3.8, 4) is 32.3 Å². The molecule has 0 radical (unpaired) electrons. The number of rotatable bonds is 4. The summed E-state index contributed by atoms with van der Waals surface area (Å²) < 4.78 is 50.5. The molecule has 0 fully saturated rings. The van der Waals surface area contributed by atoms with Crippen LogP contribution in [0.2, 0.25) is 5.02 Å². The van der Waals surface area contributed by atoms with E-state index in [2.05, 4.69) is 0 Å². The van der Waals surface area contributed by atoms with Gasteiger partial charge in [0.15, 0.2) is 9.84 Å². The Labute approximate surface area is 191 Å². The fourth-order valence-corrected chi connectivity index (χ4v) is 4.83. The van der Waals surface area contributed by atoms with Crippen LogP contribution in [0.15, 0.2) is 71.6 Å². The molecule has 0 amide bonds. The molecule has 0 N–H and O–H groups in total. The van der Waals surface area contributed by atoms with Gasteiger partial charge in [-0.3, -0.25) is 0 Å². The van der Waals surface area contributed by atoms with E-state index in [4.69, 9.17) is 26.5 Å². The monoisotopic (exact) mass is 493 g/mol. The highest BCUT2D eigenvalue weighted by Crippen LogP contribution is 2.41. The van der Waals surface area contributed by atoms with Gasteiger partial charge in [-0.15, -0.1) is 11.3 Å². The van der Waals surface area contributed by atoms with Crippen LogP contribution in [0.4, 0.5) is 8.78 Å². The summed E-state index contributed by atoms with van der Waals surface area (Å²) >= 11 is 7.28. The van der Waals surface area contributed by atoms with E-state index in [0.29, 0.717) is 21.8 Å². The minimum absolute atomic E-state index is 0.00918. The van der Waals surface area contributed by atoms with Crippen LogP contribution in [0.1, 0.15) is 0 Å². The maximum absolute atomic E-state index is 13.6. The summed E-state index contributed by atoms with van der Waals surface area (Å²) in [6.07, 6.45) is 1.15. The summed E-state index contributed by atoms with van der Waals surface area (Å²) in [4.78, 5) is 19.7. The van der Waals surface area contributed by atoms with E-state index in [1.165, 1.54) is 47.7 Å². The first-order valence-electron chi connectivity index (χ1n) is 8.92. The molecule has 0 aliphatic rings. The molecule has 3 aromatic carbocycles. The van der Waals surface area contributed by atoms with Gasteiger partial charge in [-0.25, -0.2) is 22.2 Å². The van der Waals surface area contributed by atoms with Gasteiger partial charge < -0.3 is 0 Å². The molecule has 0 bridgehead atoms. The van der Waals surface area contributed by atoms with Crippen LogP contribution in [0.3, 0.4) is 0 Å². The highest BCUT2D eigenvalue weighted by Gasteiger charge is 2.18. The van der Waals surface area contributed by atoms with Crippen LogP contribution in [-0.2, 0) is 9.84 Å². The minimum atomic E-state index is -3.32. The van der Waals surface area contributed by atoms with E-state index in [-0.39, 0.29) is 15.7 Å². The zero-order valence-corrected chi connectivity index (χ0v) is 18.8. The average molecular weight is 494 g/mol. The van der Waals surface area contributed by atoms with Crippen molar-refractivity contribution in [3.05, 3.63) is 93.3 Å². The third-order valence-electron chi connectivity index (χ3n) is 4.46. The normalized spacial score (nSPS) is 11.0. The predicted octanol–water partition coefficient (Wildman–Crippen LogP) is 6.55. The van der Waals surface area contributed by atoms with Crippen LogP contribution in [0.5, 0.6) is 0 Å². The number of hydrogen-bond acceptors (Lipinski definition) is 6. The van der Waals surface area contributed by atoms with E-state index in [9.17, 15) is 17.2 Å². The lowest BCUT2D eigenvalue weighted by Gasteiger charge is -2.04. The molecule has 32 heavy (non-hydrogen) atoms. The standard InChI is InChI=1S/C22H14ClF2NO2S2.O2/c1-30(27,28)17-9-4-14(5-10-17)21-20(13-2-7-16(24)8-3-13)26-22(29-21)15-6-11-19(25)18(23)12-15;1-2/h2-12H,1H3;. The maximum atomic E-state index is 13.6. The lowest BCUT2D eigenvalue weighted by molar-refractivity contribution is 0.602. The summed E-state index contributed by atoms with van der Waals surface area (Å²) in [6.45, 7) is 0. The molecule has 0 aliphatic heterocycles.